The minimum Gasteiger partial charge on any atom is -0.395 e. The molecule has 0 radical (unpaired) electrons. The van der Waals surface area contributed by atoms with E-state index in [0.29, 0.717) is 13.1 Å². The largest absolute Gasteiger partial charge is 0.395 e. The minimum atomic E-state index is -2.89. The average molecular weight is 224 g/mol. The molecule has 0 aromatic rings. The highest BCUT2D eigenvalue weighted by atomic mass is 32.2. The second kappa shape index (κ2) is 6.34. The van der Waals surface area contributed by atoms with E-state index < -0.39 is 9.84 Å². The smallest absolute Gasteiger partial charge is 0.148 e. The van der Waals surface area contributed by atoms with Gasteiger partial charge in [-0.05, 0) is 14.1 Å². The minimum absolute atomic E-state index is 0.000407. The summed E-state index contributed by atoms with van der Waals surface area (Å²) in [7, 11) is 0.715. The van der Waals surface area contributed by atoms with Crippen molar-refractivity contribution in [2.75, 3.05) is 45.8 Å². The molecule has 0 amide bonds. The molecule has 0 aromatic carbocycles. The number of sulfone groups is 1. The molecular formula is C8H20N2O3S. The molecule has 0 spiro atoms. The van der Waals surface area contributed by atoms with Crippen LogP contribution in [0.1, 0.15) is 0 Å². The zero-order valence-corrected chi connectivity index (χ0v) is 9.84. The van der Waals surface area contributed by atoms with E-state index in [-0.39, 0.29) is 18.4 Å². The Morgan fingerprint density at radius 2 is 2.07 bits per heavy atom. The first kappa shape index (κ1) is 13.8. The third-order valence-corrected chi connectivity index (χ3v) is 2.93. The maximum absolute atomic E-state index is 10.9. The van der Waals surface area contributed by atoms with Gasteiger partial charge in [-0.3, -0.25) is 0 Å². The van der Waals surface area contributed by atoms with Gasteiger partial charge in [0.15, 0.2) is 0 Å². The van der Waals surface area contributed by atoms with Gasteiger partial charge in [-0.25, -0.2) is 8.42 Å². The molecule has 1 atom stereocenters. The van der Waals surface area contributed by atoms with Gasteiger partial charge in [-0.15, -0.1) is 0 Å². The number of hydrogen-bond donors (Lipinski definition) is 2. The van der Waals surface area contributed by atoms with Gasteiger partial charge in [0.2, 0.25) is 0 Å². The van der Waals surface area contributed by atoms with Crippen LogP contribution >= 0.6 is 0 Å². The van der Waals surface area contributed by atoms with Gasteiger partial charge in [0.1, 0.15) is 9.84 Å². The van der Waals surface area contributed by atoms with E-state index >= 15 is 0 Å². The van der Waals surface area contributed by atoms with E-state index in [4.69, 9.17) is 5.11 Å². The topological polar surface area (TPSA) is 69.6 Å². The van der Waals surface area contributed by atoms with Crippen LogP contribution in [-0.2, 0) is 9.84 Å². The van der Waals surface area contributed by atoms with Crippen molar-refractivity contribution >= 4 is 9.84 Å². The van der Waals surface area contributed by atoms with Gasteiger partial charge in [-0.1, -0.05) is 0 Å². The maximum Gasteiger partial charge on any atom is 0.148 e. The number of nitrogens with one attached hydrogen (secondary N) is 1. The molecule has 2 N–H and O–H groups in total. The van der Waals surface area contributed by atoms with Gasteiger partial charge < -0.3 is 15.3 Å². The van der Waals surface area contributed by atoms with Crippen LogP contribution in [0.4, 0.5) is 0 Å². The Morgan fingerprint density at radius 3 is 2.43 bits per heavy atom. The highest BCUT2D eigenvalue weighted by molar-refractivity contribution is 7.90. The Labute approximate surface area is 86.0 Å². The molecule has 0 aliphatic carbocycles. The molecule has 0 saturated heterocycles. The maximum atomic E-state index is 10.9. The zero-order valence-electron chi connectivity index (χ0n) is 9.02. The molecule has 6 heteroatoms. The predicted molar refractivity (Wildman–Crippen MR) is 57.1 cm³/mol. The lowest BCUT2D eigenvalue weighted by molar-refractivity contribution is 0.208. The standard InChI is InChI=1S/C8H20N2O3S/c1-9-8(7-11)6-10(2)4-5-14(3,12)13/h8-9,11H,4-7H2,1-3H3. The van der Waals surface area contributed by atoms with E-state index in [1.54, 1.807) is 7.05 Å². The van der Waals surface area contributed by atoms with Gasteiger partial charge >= 0.3 is 0 Å². The van der Waals surface area contributed by atoms with Crippen molar-refractivity contribution in [3.05, 3.63) is 0 Å². The van der Waals surface area contributed by atoms with Crippen LogP contribution in [0, 0.1) is 0 Å². The Morgan fingerprint density at radius 1 is 1.50 bits per heavy atom. The summed E-state index contributed by atoms with van der Waals surface area (Å²) in [5, 5.41) is 11.8. The summed E-state index contributed by atoms with van der Waals surface area (Å²) < 4.78 is 21.7. The van der Waals surface area contributed by atoms with Gasteiger partial charge in [0.25, 0.3) is 0 Å². The molecule has 0 saturated carbocycles. The van der Waals surface area contributed by atoms with Crippen molar-refractivity contribution in [2.24, 2.45) is 0 Å². The summed E-state index contributed by atoms with van der Waals surface area (Å²) in [4.78, 5) is 1.89. The molecule has 0 rings (SSSR count). The molecule has 0 heterocycles. The second-order valence-corrected chi connectivity index (χ2v) is 5.82. The Bertz CT molecular complexity index is 237. The summed E-state index contributed by atoms with van der Waals surface area (Å²) in [6.45, 7) is 1.19. The van der Waals surface area contributed by atoms with E-state index in [9.17, 15) is 8.42 Å². The summed E-state index contributed by atoms with van der Waals surface area (Å²) >= 11 is 0. The van der Waals surface area contributed by atoms with Crippen molar-refractivity contribution in [3.8, 4) is 0 Å². The lowest BCUT2D eigenvalue weighted by Gasteiger charge is -2.21. The van der Waals surface area contributed by atoms with Crippen molar-refractivity contribution in [3.63, 3.8) is 0 Å². The third kappa shape index (κ3) is 7.25. The lowest BCUT2D eigenvalue weighted by Crippen LogP contribution is -2.41. The fourth-order valence-electron chi connectivity index (χ4n) is 1.03. The summed E-state index contributed by atoms with van der Waals surface area (Å²) in [6, 6.07) is -0.000407. The third-order valence-electron chi connectivity index (χ3n) is 2.00. The lowest BCUT2D eigenvalue weighted by atomic mass is 10.3. The Balaban J connectivity index is 3.80. The van der Waals surface area contributed by atoms with Crippen molar-refractivity contribution in [2.45, 2.75) is 6.04 Å². The van der Waals surface area contributed by atoms with Gasteiger partial charge in [0, 0.05) is 25.4 Å². The van der Waals surface area contributed by atoms with Gasteiger partial charge in [-0.2, -0.15) is 0 Å². The van der Waals surface area contributed by atoms with Crippen LogP contribution in [0.3, 0.4) is 0 Å². The number of hydrogen-bond acceptors (Lipinski definition) is 5. The molecule has 0 fully saturated rings. The van der Waals surface area contributed by atoms with Gasteiger partial charge in [0.05, 0.1) is 12.4 Å². The van der Waals surface area contributed by atoms with Crippen LogP contribution < -0.4 is 5.32 Å². The highest BCUT2D eigenvalue weighted by Gasteiger charge is 2.10. The fraction of sp³-hybridized carbons (Fsp3) is 1.00. The molecule has 86 valence electrons. The molecule has 1 unspecified atom stereocenters. The summed E-state index contributed by atoms with van der Waals surface area (Å²) in [5.74, 6) is 0.158. The monoisotopic (exact) mass is 224 g/mol. The van der Waals surface area contributed by atoms with Crippen LogP contribution in [0.15, 0.2) is 0 Å². The van der Waals surface area contributed by atoms with E-state index in [1.807, 2.05) is 11.9 Å². The number of aliphatic hydroxyl groups excluding tert-OH is 1. The first-order valence-corrected chi connectivity index (χ1v) is 6.59. The normalized spacial score (nSPS) is 14.6. The van der Waals surface area contributed by atoms with Crippen molar-refractivity contribution in [1.29, 1.82) is 0 Å². The van der Waals surface area contributed by atoms with Crippen LogP contribution in [0.5, 0.6) is 0 Å². The highest BCUT2D eigenvalue weighted by Crippen LogP contribution is 1.91. The van der Waals surface area contributed by atoms with Crippen LogP contribution in [-0.4, -0.2) is 70.3 Å². The molecule has 0 bridgehead atoms. The first-order valence-electron chi connectivity index (χ1n) is 4.53. The average Bonchev–Trinajstić information content (AvgIpc) is 2.09. The van der Waals surface area contributed by atoms with Crippen molar-refractivity contribution in [1.82, 2.24) is 10.2 Å². The van der Waals surface area contributed by atoms with E-state index in [2.05, 4.69) is 5.32 Å². The number of likely N-dealkylation sites (N-methyl/N-ethyl adjacent to an activating group) is 2. The zero-order chi connectivity index (χ0) is 11.2. The summed E-state index contributed by atoms with van der Waals surface area (Å²) in [5.41, 5.74) is 0. The predicted octanol–water partition coefficient (Wildman–Crippen LogP) is -1.46. The number of aliphatic hydroxyl groups is 1. The number of rotatable bonds is 7. The quantitative estimate of drug-likeness (QED) is 0.553. The molecular weight excluding hydrogens is 204 g/mol. The number of nitrogens with zero attached hydrogens (tertiary/aromatic N) is 1. The second-order valence-electron chi connectivity index (χ2n) is 3.56. The molecule has 5 nitrogen and oxygen atoms in total. The van der Waals surface area contributed by atoms with E-state index in [1.165, 1.54) is 6.26 Å². The fourth-order valence-corrected chi connectivity index (χ4v) is 1.67. The Kier molecular flexibility index (Phi) is 6.26. The first-order chi connectivity index (χ1) is 6.39. The van der Waals surface area contributed by atoms with Crippen LogP contribution in [0.25, 0.3) is 0 Å². The molecule has 0 aromatic heterocycles. The van der Waals surface area contributed by atoms with Crippen molar-refractivity contribution < 1.29 is 13.5 Å². The molecule has 14 heavy (non-hydrogen) atoms. The molecule has 0 aliphatic rings. The Hall–Kier alpha value is -0.170. The van der Waals surface area contributed by atoms with Crippen LogP contribution in [0.2, 0.25) is 0 Å². The summed E-state index contributed by atoms with van der Waals surface area (Å²) in [6.07, 6.45) is 1.22. The van der Waals surface area contributed by atoms with E-state index in [0.717, 1.165) is 0 Å². The molecule has 0 aliphatic heterocycles. The SMILES string of the molecule is CNC(CO)CN(C)CCS(C)(=O)=O.